The van der Waals surface area contributed by atoms with Crippen LogP contribution in [0.3, 0.4) is 0 Å². The molecular formula is C22H17F4N5O2. The number of halogens is 4. The Morgan fingerprint density at radius 2 is 1.67 bits per heavy atom. The van der Waals surface area contributed by atoms with Crippen molar-refractivity contribution in [2.45, 2.75) is 19.1 Å². The number of hydrogen-bond acceptors (Lipinski definition) is 7. The van der Waals surface area contributed by atoms with Crippen LogP contribution in [0.4, 0.5) is 23.4 Å². The van der Waals surface area contributed by atoms with Gasteiger partial charge < -0.3 is 15.2 Å². The molecule has 33 heavy (non-hydrogen) atoms. The van der Waals surface area contributed by atoms with Crippen LogP contribution in [0.5, 0.6) is 11.8 Å². The van der Waals surface area contributed by atoms with Gasteiger partial charge in [0, 0.05) is 23.3 Å². The van der Waals surface area contributed by atoms with E-state index < -0.39 is 24.1 Å². The van der Waals surface area contributed by atoms with Gasteiger partial charge >= 0.3 is 12.2 Å². The van der Waals surface area contributed by atoms with Gasteiger partial charge in [0.1, 0.15) is 22.9 Å². The topological polar surface area (TPSA) is 93.0 Å². The number of methoxy groups -OCH3 is 1. The Balaban J connectivity index is 1.76. The van der Waals surface area contributed by atoms with Crippen molar-refractivity contribution in [3.63, 3.8) is 0 Å². The summed E-state index contributed by atoms with van der Waals surface area (Å²) < 4.78 is 57.0. The summed E-state index contributed by atoms with van der Waals surface area (Å²) in [5, 5.41) is 13.6. The van der Waals surface area contributed by atoms with E-state index in [0.717, 1.165) is 12.4 Å². The molecule has 0 amide bonds. The highest BCUT2D eigenvalue weighted by atomic mass is 19.4. The zero-order chi connectivity index (χ0) is 23.8. The molecule has 0 spiro atoms. The summed E-state index contributed by atoms with van der Waals surface area (Å²) in [5.74, 6) is -1.06. The Morgan fingerprint density at radius 3 is 2.27 bits per heavy atom. The lowest BCUT2D eigenvalue weighted by Crippen LogP contribution is -2.14. The largest absolute Gasteiger partial charge is 0.494 e. The Morgan fingerprint density at radius 1 is 1.00 bits per heavy atom. The number of nitrogens with one attached hydrogen (secondary N) is 1. The summed E-state index contributed by atoms with van der Waals surface area (Å²) in [5.41, 5.74) is 2.08. The number of anilines is 1. The third kappa shape index (κ3) is 4.61. The predicted octanol–water partition coefficient (Wildman–Crippen LogP) is 5.13. The van der Waals surface area contributed by atoms with Crippen LogP contribution in [0.25, 0.3) is 22.0 Å². The monoisotopic (exact) mass is 459 g/mol. The lowest BCUT2D eigenvalue weighted by Gasteiger charge is -2.18. The molecule has 2 heterocycles. The number of rotatable bonds is 5. The maximum atomic E-state index is 13.3. The van der Waals surface area contributed by atoms with E-state index in [2.05, 4.69) is 25.3 Å². The van der Waals surface area contributed by atoms with E-state index in [4.69, 9.17) is 4.74 Å². The molecule has 0 aliphatic heterocycles. The number of alkyl halides is 3. The first-order valence-electron chi connectivity index (χ1n) is 9.66. The van der Waals surface area contributed by atoms with Gasteiger partial charge in [0.05, 0.1) is 13.2 Å². The molecule has 0 saturated carbocycles. The predicted molar refractivity (Wildman–Crippen MR) is 112 cm³/mol. The number of aromatic nitrogens is 4. The van der Waals surface area contributed by atoms with Crippen LogP contribution in [0.1, 0.15) is 24.4 Å². The summed E-state index contributed by atoms with van der Waals surface area (Å²) >= 11 is 0. The second-order valence-corrected chi connectivity index (χ2v) is 7.16. The fourth-order valence-corrected chi connectivity index (χ4v) is 3.26. The molecule has 0 aliphatic rings. The van der Waals surface area contributed by atoms with E-state index in [9.17, 15) is 22.7 Å². The lowest BCUT2D eigenvalue weighted by atomic mass is 10.0. The van der Waals surface area contributed by atoms with Crippen LogP contribution in [0, 0.1) is 5.82 Å². The van der Waals surface area contributed by atoms with E-state index in [0.29, 0.717) is 33.3 Å². The van der Waals surface area contributed by atoms with Crippen molar-refractivity contribution < 1.29 is 27.4 Å². The smallest absolute Gasteiger partial charge is 0.451 e. The van der Waals surface area contributed by atoms with E-state index in [-0.39, 0.29) is 11.6 Å². The second kappa shape index (κ2) is 8.49. The SMILES string of the molecule is COc1cc(-c2ccc(F)cc2)cc2c(NC(C)c3cnc(C(F)(F)F)nc3)nc(O)nc12. The average Bonchev–Trinajstić information content (AvgIpc) is 2.78. The summed E-state index contributed by atoms with van der Waals surface area (Å²) in [4.78, 5) is 14.8. The van der Waals surface area contributed by atoms with Crippen molar-refractivity contribution in [2.24, 2.45) is 0 Å². The van der Waals surface area contributed by atoms with Crippen molar-refractivity contribution in [1.29, 1.82) is 0 Å². The zero-order valence-corrected chi connectivity index (χ0v) is 17.4. The minimum atomic E-state index is -4.64. The van der Waals surface area contributed by atoms with E-state index in [1.807, 2.05) is 0 Å². The molecule has 2 aromatic carbocycles. The summed E-state index contributed by atoms with van der Waals surface area (Å²) in [7, 11) is 1.44. The van der Waals surface area contributed by atoms with Gasteiger partial charge in [0.25, 0.3) is 0 Å². The molecule has 4 rings (SSSR count). The number of aromatic hydroxyl groups is 1. The summed E-state index contributed by atoms with van der Waals surface area (Å²) in [6.07, 6.45) is -2.50. The summed E-state index contributed by atoms with van der Waals surface area (Å²) in [6, 6.07) is 8.20. The summed E-state index contributed by atoms with van der Waals surface area (Å²) in [6.45, 7) is 1.68. The second-order valence-electron chi connectivity index (χ2n) is 7.16. The molecule has 0 fully saturated rings. The zero-order valence-electron chi connectivity index (χ0n) is 17.4. The van der Waals surface area contributed by atoms with Crippen LogP contribution in [-0.2, 0) is 6.18 Å². The van der Waals surface area contributed by atoms with Gasteiger partial charge in [-0.3, -0.25) is 0 Å². The van der Waals surface area contributed by atoms with Crippen LogP contribution in [0.15, 0.2) is 48.8 Å². The molecule has 0 saturated heterocycles. The van der Waals surface area contributed by atoms with Crippen molar-refractivity contribution in [1.82, 2.24) is 19.9 Å². The number of hydrogen-bond donors (Lipinski definition) is 2. The highest BCUT2D eigenvalue weighted by Crippen LogP contribution is 2.36. The fourth-order valence-electron chi connectivity index (χ4n) is 3.26. The third-order valence-corrected chi connectivity index (χ3v) is 4.93. The normalized spacial score (nSPS) is 12.5. The fraction of sp³-hybridized carbons (Fsp3) is 0.182. The van der Waals surface area contributed by atoms with E-state index in [1.165, 1.54) is 19.2 Å². The molecule has 1 unspecified atom stereocenters. The van der Waals surface area contributed by atoms with Crippen molar-refractivity contribution in [3.8, 4) is 22.9 Å². The first-order chi connectivity index (χ1) is 15.7. The molecule has 7 nitrogen and oxygen atoms in total. The number of nitrogens with zero attached hydrogens (tertiary/aromatic N) is 4. The molecule has 2 N–H and O–H groups in total. The van der Waals surface area contributed by atoms with Crippen molar-refractivity contribution in [2.75, 3.05) is 12.4 Å². The van der Waals surface area contributed by atoms with Crippen molar-refractivity contribution >= 4 is 16.7 Å². The molecule has 2 aromatic heterocycles. The van der Waals surface area contributed by atoms with Gasteiger partial charge in [-0.15, -0.1) is 0 Å². The minimum absolute atomic E-state index is 0.215. The average molecular weight is 459 g/mol. The van der Waals surface area contributed by atoms with Crippen LogP contribution in [-0.4, -0.2) is 32.2 Å². The maximum absolute atomic E-state index is 13.3. The van der Waals surface area contributed by atoms with E-state index in [1.54, 1.807) is 31.2 Å². The number of ether oxygens (including phenoxy) is 1. The van der Waals surface area contributed by atoms with Gasteiger partial charge in [-0.2, -0.15) is 23.1 Å². The van der Waals surface area contributed by atoms with Crippen molar-refractivity contribution in [3.05, 3.63) is 66.0 Å². The first-order valence-corrected chi connectivity index (χ1v) is 9.66. The first kappa shape index (κ1) is 22.2. The molecule has 0 bridgehead atoms. The van der Waals surface area contributed by atoms with E-state index >= 15 is 0 Å². The van der Waals surface area contributed by atoms with Crippen LogP contribution >= 0.6 is 0 Å². The molecule has 4 aromatic rings. The quantitative estimate of drug-likeness (QED) is 0.400. The molecule has 1 atom stereocenters. The maximum Gasteiger partial charge on any atom is 0.451 e. The molecule has 0 aliphatic carbocycles. The molecule has 0 radical (unpaired) electrons. The Bertz CT molecular complexity index is 1300. The van der Waals surface area contributed by atoms with Gasteiger partial charge in [-0.05, 0) is 42.3 Å². The van der Waals surface area contributed by atoms with Crippen LogP contribution < -0.4 is 10.1 Å². The van der Waals surface area contributed by atoms with Gasteiger partial charge in [0.15, 0.2) is 0 Å². The van der Waals surface area contributed by atoms with Gasteiger partial charge in [-0.1, -0.05) is 12.1 Å². The van der Waals surface area contributed by atoms with Crippen LogP contribution in [0.2, 0.25) is 0 Å². The van der Waals surface area contributed by atoms with Gasteiger partial charge in [0.2, 0.25) is 5.82 Å². The third-order valence-electron chi connectivity index (χ3n) is 4.93. The molecular weight excluding hydrogens is 442 g/mol. The molecule has 170 valence electrons. The number of fused-ring (bicyclic) bond motifs is 1. The highest BCUT2D eigenvalue weighted by Gasteiger charge is 2.34. The Labute approximate surface area is 185 Å². The minimum Gasteiger partial charge on any atom is -0.494 e. The highest BCUT2D eigenvalue weighted by molar-refractivity contribution is 5.97. The Hall–Kier alpha value is -4.02. The van der Waals surface area contributed by atoms with Gasteiger partial charge in [-0.25, -0.2) is 14.4 Å². The Kier molecular flexibility index (Phi) is 5.71. The lowest BCUT2D eigenvalue weighted by molar-refractivity contribution is -0.145. The number of benzene rings is 2. The molecule has 11 heteroatoms. The standard InChI is InChI=1S/C22H17F4N5O2/c1-11(14-9-27-20(28-10-14)22(24,25)26)29-19-16-7-13(12-3-5-15(23)6-4-12)8-17(33-2)18(16)30-21(32)31-19/h3-11H,1-2H3,(H2,29,30,31,32).